The fraction of sp³-hybridized carbons (Fsp3) is 0.600. The van der Waals surface area contributed by atoms with Crippen molar-refractivity contribution >= 4 is 11.6 Å². The molecule has 17 heavy (non-hydrogen) atoms. The molecule has 0 radical (unpaired) electrons. The molecule has 0 amide bonds. The van der Waals surface area contributed by atoms with Crippen LogP contribution in [0.15, 0.2) is 6.20 Å². The minimum absolute atomic E-state index is 0.387. The molecule has 0 N–H and O–H groups in total. The monoisotopic (exact) mass is 252 g/mol. The highest BCUT2D eigenvalue weighted by molar-refractivity contribution is 6.16. The first-order valence-electron chi connectivity index (χ1n) is 5.73. The van der Waals surface area contributed by atoms with Crippen molar-refractivity contribution in [2.75, 3.05) is 0 Å². The SMILES string of the molecule is ClCc1cn(Cc2nnc3n2CCCC3)nn1. The molecule has 0 aliphatic carbocycles. The van der Waals surface area contributed by atoms with Crippen LogP contribution in [0.4, 0.5) is 0 Å². The van der Waals surface area contributed by atoms with Crippen LogP contribution in [-0.4, -0.2) is 29.8 Å². The molecule has 3 rings (SSSR count). The maximum atomic E-state index is 5.69. The first-order chi connectivity index (χ1) is 8.36. The minimum Gasteiger partial charge on any atom is -0.313 e. The summed E-state index contributed by atoms with van der Waals surface area (Å²) in [6.45, 7) is 1.62. The lowest BCUT2D eigenvalue weighted by atomic mass is 10.2. The average molecular weight is 253 g/mol. The predicted octanol–water partition coefficient (Wildman–Crippen LogP) is 0.993. The Kier molecular flexibility index (Phi) is 2.80. The van der Waals surface area contributed by atoms with E-state index in [1.165, 1.54) is 12.8 Å². The maximum Gasteiger partial charge on any atom is 0.154 e. The summed E-state index contributed by atoms with van der Waals surface area (Å²) >= 11 is 5.69. The number of hydrogen-bond donors (Lipinski definition) is 0. The van der Waals surface area contributed by atoms with Gasteiger partial charge in [0.1, 0.15) is 12.4 Å². The fourth-order valence-electron chi connectivity index (χ4n) is 2.11. The molecule has 90 valence electrons. The van der Waals surface area contributed by atoms with E-state index in [9.17, 15) is 0 Å². The van der Waals surface area contributed by atoms with E-state index < -0.39 is 0 Å². The Morgan fingerprint density at radius 1 is 1.24 bits per heavy atom. The zero-order valence-corrected chi connectivity index (χ0v) is 10.1. The van der Waals surface area contributed by atoms with Crippen LogP contribution in [0.25, 0.3) is 0 Å². The molecule has 6 nitrogen and oxygen atoms in total. The summed E-state index contributed by atoms with van der Waals surface area (Å²) in [4.78, 5) is 0. The highest BCUT2D eigenvalue weighted by Crippen LogP contribution is 2.14. The van der Waals surface area contributed by atoms with Crippen LogP contribution < -0.4 is 0 Å². The molecule has 0 fully saturated rings. The van der Waals surface area contributed by atoms with Crippen molar-refractivity contribution in [3.63, 3.8) is 0 Å². The van der Waals surface area contributed by atoms with Crippen molar-refractivity contribution in [1.29, 1.82) is 0 Å². The van der Waals surface area contributed by atoms with Gasteiger partial charge in [0.05, 0.1) is 17.8 Å². The Morgan fingerprint density at radius 3 is 3.00 bits per heavy atom. The van der Waals surface area contributed by atoms with E-state index >= 15 is 0 Å². The van der Waals surface area contributed by atoms with Crippen molar-refractivity contribution < 1.29 is 0 Å². The number of nitrogens with zero attached hydrogens (tertiary/aromatic N) is 6. The van der Waals surface area contributed by atoms with Gasteiger partial charge in [-0.3, -0.25) is 0 Å². The van der Waals surface area contributed by atoms with Gasteiger partial charge < -0.3 is 4.57 Å². The maximum absolute atomic E-state index is 5.69. The zero-order chi connectivity index (χ0) is 11.7. The van der Waals surface area contributed by atoms with Gasteiger partial charge in [0, 0.05) is 13.0 Å². The van der Waals surface area contributed by atoms with Gasteiger partial charge in [0.2, 0.25) is 0 Å². The predicted molar refractivity (Wildman–Crippen MR) is 61.6 cm³/mol. The van der Waals surface area contributed by atoms with Crippen LogP contribution in [-0.2, 0) is 25.4 Å². The highest BCUT2D eigenvalue weighted by Gasteiger charge is 2.16. The molecule has 0 aromatic carbocycles. The molecule has 0 atom stereocenters. The lowest BCUT2D eigenvalue weighted by Gasteiger charge is -2.14. The standard InChI is InChI=1S/C10H13ClN6/c11-5-8-6-16(15-12-8)7-10-14-13-9-3-1-2-4-17(9)10/h6H,1-5,7H2. The van der Waals surface area contributed by atoms with E-state index in [2.05, 4.69) is 25.1 Å². The average Bonchev–Trinajstić information content (AvgIpc) is 2.97. The Bertz CT molecular complexity index is 517. The van der Waals surface area contributed by atoms with Gasteiger partial charge in [-0.25, -0.2) is 4.68 Å². The van der Waals surface area contributed by atoms with Gasteiger partial charge in [0.25, 0.3) is 0 Å². The van der Waals surface area contributed by atoms with Crippen molar-refractivity contribution in [1.82, 2.24) is 29.8 Å². The topological polar surface area (TPSA) is 61.4 Å². The summed E-state index contributed by atoms with van der Waals surface area (Å²) < 4.78 is 3.94. The Morgan fingerprint density at radius 2 is 2.18 bits per heavy atom. The fourth-order valence-corrected chi connectivity index (χ4v) is 2.23. The number of aryl methyl sites for hydroxylation is 1. The summed E-state index contributed by atoms with van der Waals surface area (Å²) in [5.74, 6) is 2.42. The van der Waals surface area contributed by atoms with Crippen LogP contribution in [0.5, 0.6) is 0 Å². The summed E-state index contributed by atoms with van der Waals surface area (Å²) in [5, 5.41) is 16.4. The molecule has 0 unspecified atom stereocenters. The van der Waals surface area contributed by atoms with Crippen molar-refractivity contribution in [3.8, 4) is 0 Å². The van der Waals surface area contributed by atoms with Gasteiger partial charge >= 0.3 is 0 Å². The molecule has 1 aliphatic rings. The van der Waals surface area contributed by atoms with Crippen LogP contribution in [0.1, 0.15) is 30.2 Å². The molecule has 0 spiro atoms. The van der Waals surface area contributed by atoms with Gasteiger partial charge in [-0.1, -0.05) is 5.21 Å². The van der Waals surface area contributed by atoms with Crippen LogP contribution >= 0.6 is 11.6 Å². The number of alkyl halides is 1. The number of aromatic nitrogens is 6. The lowest BCUT2D eigenvalue weighted by molar-refractivity contribution is 0.493. The minimum atomic E-state index is 0.387. The zero-order valence-electron chi connectivity index (χ0n) is 9.38. The number of rotatable bonds is 3. The summed E-state index contributed by atoms with van der Waals surface area (Å²) in [5.41, 5.74) is 0.782. The van der Waals surface area contributed by atoms with Crippen molar-refractivity contribution in [3.05, 3.63) is 23.5 Å². The third-order valence-electron chi connectivity index (χ3n) is 2.96. The molecular formula is C10H13ClN6. The number of hydrogen-bond acceptors (Lipinski definition) is 4. The Labute approximate surface area is 104 Å². The normalized spacial score (nSPS) is 14.9. The van der Waals surface area contributed by atoms with Crippen LogP contribution in [0.3, 0.4) is 0 Å². The van der Waals surface area contributed by atoms with Gasteiger partial charge in [-0.05, 0) is 12.8 Å². The molecule has 1 aliphatic heterocycles. The molecule has 2 aromatic heterocycles. The molecule has 2 aromatic rings. The molecule has 0 saturated heterocycles. The van der Waals surface area contributed by atoms with Gasteiger partial charge in [0.15, 0.2) is 5.82 Å². The molecular weight excluding hydrogens is 240 g/mol. The molecule has 3 heterocycles. The lowest BCUT2D eigenvalue weighted by Crippen LogP contribution is -2.15. The largest absolute Gasteiger partial charge is 0.313 e. The van der Waals surface area contributed by atoms with Crippen LogP contribution in [0.2, 0.25) is 0 Å². The summed E-state index contributed by atoms with van der Waals surface area (Å²) in [6, 6.07) is 0. The Balaban J connectivity index is 1.82. The smallest absolute Gasteiger partial charge is 0.154 e. The van der Waals surface area contributed by atoms with E-state index in [4.69, 9.17) is 11.6 Å². The third kappa shape index (κ3) is 2.04. The first-order valence-corrected chi connectivity index (χ1v) is 6.26. The molecule has 0 saturated carbocycles. The number of halogens is 1. The van der Waals surface area contributed by atoms with Gasteiger partial charge in [-0.15, -0.1) is 26.9 Å². The molecule has 7 heteroatoms. The number of fused-ring (bicyclic) bond motifs is 1. The van der Waals surface area contributed by atoms with Crippen molar-refractivity contribution in [2.24, 2.45) is 0 Å². The second kappa shape index (κ2) is 4.44. The van der Waals surface area contributed by atoms with E-state index in [-0.39, 0.29) is 0 Å². The Hall–Kier alpha value is -1.43. The third-order valence-corrected chi connectivity index (χ3v) is 3.24. The first kappa shape index (κ1) is 10.7. The quantitative estimate of drug-likeness (QED) is 0.765. The van der Waals surface area contributed by atoms with Crippen LogP contribution in [0, 0.1) is 0 Å². The van der Waals surface area contributed by atoms with Crippen molar-refractivity contribution in [2.45, 2.75) is 38.2 Å². The van der Waals surface area contributed by atoms with E-state index in [0.717, 1.165) is 30.3 Å². The summed E-state index contributed by atoms with van der Waals surface area (Å²) in [6.07, 6.45) is 5.27. The molecule has 0 bridgehead atoms. The second-order valence-corrected chi connectivity index (χ2v) is 4.45. The van der Waals surface area contributed by atoms with E-state index in [0.29, 0.717) is 12.4 Å². The van der Waals surface area contributed by atoms with Gasteiger partial charge in [-0.2, -0.15) is 0 Å². The second-order valence-electron chi connectivity index (χ2n) is 4.18. The van der Waals surface area contributed by atoms with E-state index in [1.54, 1.807) is 4.68 Å². The highest BCUT2D eigenvalue weighted by atomic mass is 35.5. The summed E-state index contributed by atoms with van der Waals surface area (Å²) in [7, 11) is 0. The van der Waals surface area contributed by atoms with E-state index in [1.807, 2.05) is 6.20 Å².